The Morgan fingerprint density at radius 2 is 2.04 bits per heavy atom. The SMILES string of the molecule is COc1ccc(/C=C(/C#N)c2nc(C3CC3)cs2)cc1OCc1ccccc1. The van der Waals surface area contributed by atoms with Gasteiger partial charge in [0, 0.05) is 11.3 Å². The highest BCUT2D eigenvalue weighted by molar-refractivity contribution is 7.11. The average Bonchev–Trinajstić information content (AvgIpc) is 3.48. The number of allylic oxidation sites excluding steroid dienone is 1. The van der Waals surface area contributed by atoms with Crippen molar-refractivity contribution in [3.8, 4) is 17.6 Å². The molecule has 4 nitrogen and oxygen atoms in total. The Labute approximate surface area is 168 Å². The van der Waals surface area contributed by atoms with Crippen LogP contribution in [0.15, 0.2) is 53.9 Å². The van der Waals surface area contributed by atoms with Gasteiger partial charge in [0.1, 0.15) is 17.7 Å². The third-order valence-electron chi connectivity index (χ3n) is 4.60. The molecular weight excluding hydrogens is 368 g/mol. The number of nitrogens with zero attached hydrogens (tertiary/aromatic N) is 2. The molecule has 5 heteroatoms. The maximum atomic E-state index is 9.62. The number of nitriles is 1. The number of rotatable bonds is 7. The second kappa shape index (κ2) is 8.28. The van der Waals surface area contributed by atoms with Gasteiger partial charge in [0.25, 0.3) is 0 Å². The maximum Gasteiger partial charge on any atom is 0.162 e. The minimum atomic E-state index is 0.451. The van der Waals surface area contributed by atoms with E-state index in [1.165, 1.54) is 24.2 Å². The van der Waals surface area contributed by atoms with Crippen molar-refractivity contribution in [1.29, 1.82) is 5.26 Å². The quantitative estimate of drug-likeness (QED) is 0.489. The monoisotopic (exact) mass is 388 g/mol. The summed E-state index contributed by atoms with van der Waals surface area (Å²) in [6, 6.07) is 17.9. The Bertz CT molecular complexity index is 1030. The van der Waals surface area contributed by atoms with Crippen molar-refractivity contribution < 1.29 is 9.47 Å². The summed E-state index contributed by atoms with van der Waals surface area (Å²) in [5.41, 5.74) is 3.64. The topological polar surface area (TPSA) is 55.1 Å². The van der Waals surface area contributed by atoms with Gasteiger partial charge in [-0.25, -0.2) is 4.98 Å². The van der Waals surface area contributed by atoms with E-state index in [1.807, 2.05) is 54.6 Å². The molecule has 1 aliphatic rings. The van der Waals surface area contributed by atoms with Crippen molar-refractivity contribution in [2.45, 2.75) is 25.4 Å². The molecule has 140 valence electrons. The summed E-state index contributed by atoms with van der Waals surface area (Å²) in [4.78, 5) is 4.64. The van der Waals surface area contributed by atoms with Crippen molar-refractivity contribution in [2.24, 2.45) is 0 Å². The molecule has 0 aliphatic heterocycles. The molecule has 3 aromatic rings. The molecule has 1 aromatic heterocycles. The first-order valence-corrected chi connectivity index (χ1v) is 10.1. The van der Waals surface area contributed by atoms with Crippen LogP contribution in [0.2, 0.25) is 0 Å². The van der Waals surface area contributed by atoms with Crippen LogP contribution in [0.5, 0.6) is 11.5 Å². The zero-order chi connectivity index (χ0) is 19.3. The van der Waals surface area contributed by atoms with Gasteiger partial charge in [-0.05, 0) is 42.2 Å². The lowest BCUT2D eigenvalue weighted by atomic mass is 10.1. The zero-order valence-corrected chi connectivity index (χ0v) is 16.4. The van der Waals surface area contributed by atoms with Gasteiger partial charge < -0.3 is 9.47 Å². The molecule has 0 amide bonds. The van der Waals surface area contributed by atoms with Crippen LogP contribution in [0.4, 0.5) is 0 Å². The summed E-state index contributed by atoms with van der Waals surface area (Å²) in [5.74, 6) is 1.90. The fraction of sp³-hybridized carbons (Fsp3) is 0.217. The Morgan fingerprint density at radius 1 is 1.21 bits per heavy atom. The fourth-order valence-corrected chi connectivity index (χ4v) is 3.78. The molecule has 4 rings (SSSR count). The van der Waals surface area contributed by atoms with Gasteiger partial charge in [-0.15, -0.1) is 11.3 Å². The van der Waals surface area contributed by atoms with Crippen LogP contribution in [0, 0.1) is 11.3 Å². The third-order valence-corrected chi connectivity index (χ3v) is 5.50. The first-order chi connectivity index (χ1) is 13.8. The van der Waals surface area contributed by atoms with E-state index in [2.05, 4.69) is 16.4 Å². The summed E-state index contributed by atoms with van der Waals surface area (Å²) in [5, 5.41) is 12.5. The van der Waals surface area contributed by atoms with Gasteiger partial charge in [0.2, 0.25) is 0 Å². The number of aromatic nitrogens is 1. The number of hydrogen-bond acceptors (Lipinski definition) is 5. The summed E-state index contributed by atoms with van der Waals surface area (Å²) in [7, 11) is 1.62. The van der Waals surface area contributed by atoms with Crippen LogP contribution in [0.1, 0.15) is 40.6 Å². The van der Waals surface area contributed by atoms with E-state index < -0.39 is 0 Å². The van der Waals surface area contributed by atoms with E-state index >= 15 is 0 Å². The minimum Gasteiger partial charge on any atom is -0.493 e. The Kier molecular flexibility index (Phi) is 5.41. The second-order valence-corrected chi connectivity index (χ2v) is 7.56. The molecule has 2 aromatic carbocycles. The third kappa shape index (κ3) is 4.24. The number of ether oxygens (including phenoxy) is 2. The molecule has 0 saturated heterocycles. The molecule has 0 radical (unpaired) electrons. The van der Waals surface area contributed by atoms with E-state index in [0.717, 1.165) is 21.8 Å². The molecule has 28 heavy (non-hydrogen) atoms. The highest BCUT2D eigenvalue weighted by atomic mass is 32.1. The van der Waals surface area contributed by atoms with E-state index in [0.29, 0.717) is 29.6 Å². The first-order valence-electron chi connectivity index (χ1n) is 9.19. The number of thiazole rings is 1. The molecule has 1 aliphatic carbocycles. The number of methoxy groups -OCH3 is 1. The minimum absolute atomic E-state index is 0.451. The summed E-state index contributed by atoms with van der Waals surface area (Å²) in [6.45, 7) is 0.451. The van der Waals surface area contributed by atoms with Crippen molar-refractivity contribution in [3.63, 3.8) is 0 Å². The van der Waals surface area contributed by atoms with Gasteiger partial charge in [0.15, 0.2) is 11.5 Å². The van der Waals surface area contributed by atoms with E-state index in [1.54, 1.807) is 7.11 Å². The van der Waals surface area contributed by atoms with Crippen LogP contribution in [-0.4, -0.2) is 12.1 Å². The number of benzene rings is 2. The largest absolute Gasteiger partial charge is 0.493 e. The molecule has 0 bridgehead atoms. The smallest absolute Gasteiger partial charge is 0.162 e. The van der Waals surface area contributed by atoms with E-state index in [4.69, 9.17) is 9.47 Å². The van der Waals surface area contributed by atoms with Crippen LogP contribution in [0.3, 0.4) is 0 Å². The first kappa shape index (κ1) is 18.3. The van der Waals surface area contributed by atoms with Crippen LogP contribution in [-0.2, 0) is 6.61 Å². The average molecular weight is 388 g/mol. The van der Waals surface area contributed by atoms with Gasteiger partial charge in [0.05, 0.1) is 18.4 Å². The molecule has 1 saturated carbocycles. The van der Waals surface area contributed by atoms with Crippen LogP contribution >= 0.6 is 11.3 Å². The molecule has 1 heterocycles. The summed E-state index contributed by atoms with van der Waals surface area (Å²) in [6.07, 6.45) is 4.26. The molecule has 0 N–H and O–H groups in total. The summed E-state index contributed by atoms with van der Waals surface area (Å²) < 4.78 is 11.4. The summed E-state index contributed by atoms with van der Waals surface area (Å²) >= 11 is 1.53. The van der Waals surface area contributed by atoms with Crippen LogP contribution in [0.25, 0.3) is 11.6 Å². The van der Waals surface area contributed by atoms with Gasteiger partial charge >= 0.3 is 0 Å². The molecular formula is C23H20N2O2S. The van der Waals surface area contributed by atoms with Gasteiger partial charge in [-0.2, -0.15) is 5.26 Å². The van der Waals surface area contributed by atoms with Gasteiger partial charge in [-0.3, -0.25) is 0 Å². The normalized spacial score (nSPS) is 13.8. The maximum absolute atomic E-state index is 9.62. The predicted molar refractivity (Wildman–Crippen MR) is 111 cm³/mol. The molecule has 0 spiro atoms. The van der Waals surface area contributed by atoms with Crippen molar-refractivity contribution in [2.75, 3.05) is 7.11 Å². The lowest BCUT2D eigenvalue weighted by molar-refractivity contribution is 0.284. The second-order valence-electron chi connectivity index (χ2n) is 6.71. The van der Waals surface area contributed by atoms with Crippen molar-refractivity contribution in [1.82, 2.24) is 4.98 Å². The highest BCUT2D eigenvalue weighted by Gasteiger charge is 2.26. The van der Waals surface area contributed by atoms with Crippen LogP contribution < -0.4 is 9.47 Å². The molecule has 0 atom stereocenters. The van der Waals surface area contributed by atoms with Gasteiger partial charge in [-0.1, -0.05) is 36.4 Å². The van der Waals surface area contributed by atoms with E-state index in [9.17, 15) is 5.26 Å². The standard InChI is InChI=1S/C23H20N2O2S/c1-26-21-10-7-17(12-22(21)27-14-16-5-3-2-4-6-16)11-19(13-24)23-25-20(15-28-23)18-8-9-18/h2-7,10-12,15,18H,8-9,14H2,1H3/b19-11-. The Hall–Kier alpha value is -3.10. The predicted octanol–water partition coefficient (Wildman–Crippen LogP) is 5.67. The Morgan fingerprint density at radius 3 is 2.75 bits per heavy atom. The molecule has 1 fully saturated rings. The zero-order valence-electron chi connectivity index (χ0n) is 15.6. The van der Waals surface area contributed by atoms with Crippen molar-refractivity contribution >= 4 is 23.0 Å². The number of hydrogen-bond donors (Lipinski definition) is 0. The highest BCUT2D eigenvalue weighted by Crippen LogP contribution is 2.41. The van der Waals surface area contributed by atoms with Crippen molar-refractivity contribution in [3.05, 3.63) is 75.7 Å². The lowest BCUT2D eigenvalue weighted by Crippen LogP contribution is -1.98. The molecule has 0 unspecified atom stereocenters. The van der Waals surface area contributed by atoms with E-state index in [-0.39, 0.29) is 0 Å². The lowest BCUT2D eigenvalue weighted by Gasteiger charge is -2.11. The fourth-order valence-electron chi connectivity index (χ4n) is 2.92. The Balaban J connectivity index is 1.57.